The summed E-state index contributed by atoms with van der Waals surface area (Å²) in [6.45, 7) is 0. The molecular weight excluding hydrogens is 701 g/mol. The highest BCUT2D eigenvalue weighted by Crippen LogP contribution is 2.41. The van der Waals surface area contributed by atoms with Gasteiger partial charge in [0.2, 0.25) is 0 Å². The van der Waals surface area contributed by atoms with Crippen molar-refractivity contribution >= 4 is 74.4 Å². The lowest BCUT2D eigenvalue weighted by molar-refractivity contribution is -0.141. The number of aryl methyl sites for hydroxylation is 1. The van der Waals surface area contributed by atoms with Gasteiger partial charge in [-0.2, -0.15) is 31.4 Å². The third kappa shape index (κ3) is 7.07. The molecule has 1 aromatic heterocycles. The SMILES string of the molecule is Cn1nc(C(F)(F)F)cc1NC(=O)C1(NC(=O)c2ccc(C=CC(c3cc(Cl)c(Cl)c(Cl)c3)C(F)(F)F)cc2Br)CC1. The summed E-state index contributed by atoms with van der Waals surface area (Å²) in [6.07, 6.45) is -6.79. The number of anilines is 1. The number of carbonyl (C=O) groups is 2. The first-order valence-electron chi connectivity index (χ1n) is 11.9. The van der Waals surface area contributed by atoms with Gasteiger partial charge in [0.25, 0.3) is 11.8 Å². The van der Waals surface area contributed by atoms with Gasteiger partial charge in [-0.3, -0.25) is 14.3 Å². The molecule has 0 radical (unpaired) electrons. The first-order valence-corrected chi connectivity index (χ1v) is 13.8. The third-order valence-electron chi connectivity index (χ3n) is 6.39. The first kappa shape index (κ1) is 32.2. The van der Waals surface area contributed by atoms with E-state index < -0.39 is 41.3 Å². The van der Waals surface area contributed by atoms with Crippen LogP contribution in [-0.4, -0.2) is 33.3 Å². The highest BCUT2D eigenvalue weighted by atomic mass is 79.9. The summed E-state index contributed by atoms with van der Waals surface area (Å²) in [5.41, 5.74) is -2.36. The minimum atomic E-state index is -4.70. The Kier molecular flexibility index (Phi) is 9.00. The van der Waals surface area contributed by atoms with Crippen molar-refractivity contribution in [3.63, 3.8) is 0 Å². The number of hydrogen-bond acceptors (Lipinski definition) is 3. The second-order valence-electron chi connectivity index (χ2n) is 9.44. The Bertz CT molecular complexity index is 1560. The van der Waals surface area contributed by atoms with Crippen LogP contribution in [0.25, 0.3) is 6.08 Å². The Balaban J connectivity index is 1.48. The molecule has 2 amide bonds. The van der Waals surface area contributed by atoms with Gasteiger partial charge in [0.1, 0.15) is 11.4 Å². The molecule has 2 N–H and O–H groups in total. The summed E-state index contributed by atoms with van der Waals surface area (Å²) in [4.78, 5) is 25.8. The van der Waals surface area contributed by atoms with Crippen molar-refractivity contribution in [2.24, 2.45) is 7.05 Å². The second-order valence-corrected chi connectivity index (χ2v) is 11.5. The van der Waals surface area contributed by atoms with E-state index in [1.165, 1.54) is 31.3 Å². The number of rotatable bonds is 7. The Labute approximate surface area is 258 Å². The molecular formula is C26H18BrCl3F6N4O2. The molecule has 3 aromatic rings. The largest absolute Gasteiger partial charge is 0.435 e. The number of allylic oxidation sites excluding steroid dienone is 1. The number of hydrogen-bond donors (Lipinski definition) is 2. The van der Waals surface area contributed by atoms with Crippen molar-refractivity contribution in [1.29, 1.82) is 0 Å². The number of alkyl halides is 6. The minimum Gasteiger partial charge on any atom is -0.338 e. The maximum Gasteiger partial charge on any atom is 0.435 e. The molecule has 1 aliphatic carbocycles. The molecule has 224 valence electrons. The summed E-state index contributed by atoms with van der Waals surface area (Å²) in [6, 6.07) is 7.00. The number of halogens is 10. The Hall–Kier alpha value is -2.74. The summed E-state index contributed by atoms with van der Waals surface area (Å²) in [7, 11) is 1.23. The smallest absolute Gasteiger partial charge is 0.338 e. The third-order valence-corrected chi connectivity index (χ3v) is 8.24. The van der Waals surface area contributed by atoms with Gasteiger partial charge in [-0.15, -0.1) is 0 Å². The normalized spacial score (nSPS) is 15.5. The van der Waals surface area contributed by atoms with Crippen LogP contribution < -0.4 is 10.6 Å². The van der Waals surface area contributed by atoms with E-state index in [4.69, 9.17) is 34.8 Å². The number of carbonyl (C=O) groups excluding carboxylic acids is 2. The topological polar surface area (TPSA) is 76.0 Å². The van der Waals surface area contributed by atoms with Crippen LogP contribution in [0.5, 0.6) is 0 Å². The van der Waals surface area contributed by atoms with Crippen LogP contribution in [0.2, 0.25) is 15.1 Å². The van der Waals surface area contributed by atoms with Crippen LogP contribution in [0.1, 0.15) is 45.9 Å². The average molecular weight is 719 g/mol. The van der Waals surface area contributed by atoms with Gasteiger partial charge in [-0.05, 0) is 64.2 Å². The Morgan fingerprint density at radius 1 is 1.05 bits per heavy atom. The molecule has 1 heterocycles. The number of amides is 2. The molecule has 1 atom stereocenters. The molecule has 2 aromatic carbocycles. The first-order chi connectivity index (χ1) is 19.4. The lowest BCUT2D eigenvalue weighted by Crippen LogP contribution is -2.46. The van der Waals surface area contributed by atoms with E-state index in [-0.39, 0.29) is 49.3 Å². The van der Waals surface area contributed by atoms with E-state index in [2.05, 4.69) is 31.7 Å². The number of nitrogens with zero attached hydrogens (tertiary/aromatic N) is 2. The summed E-state index contributed by atoms with van der Waals surface area (Å²) in [5, 5.41) is 7.95. The molecule has 42 heavy (non-hydrogen) atoms. The van der Waals surface area contributed by atoms with E-state index >= 15 is 0 Å². The molecule has 1 unspecified atom stereocenters. The van der Waals surface area contributed by atoms with Crippen LogP contribution in [0.3, 0.4) is 0 Å². The Morgan fingerprint density at radius 2 is 1.67 bits per heavy atom. The molecule has 4 rings (SSSR count). The van der Waals surface area contributed by atoms with Gasteiger partial charge in [-0.25, -0.2) is 0 Å². The number of nitrogens with one attached hydrogen (secondary N) is 2. The highest BCUT2D eigenvalue weighted by Gasteiger charge is 2.52. The van der Waals surface area contributed by atoms with E-state index in [0.29, 0.717) is 11.6 Å². The summed E-state index contributed by atoms with van der Waals surface area (Å²) >= 11 is 20.9. The molecule has 0 spiro atoms. The van der Waals surface area contributed by atoms with Crippen LogP contribution >= 0.6 is 50.7 Å². The van der Waals surface area contributed by atoms with E-state index in [0.717, 1.165) is 22.9 Å². The van der Waals surface area contributed by atoms with Crippen molar-refractivity contribution < 1.29 is 35.9 Å². The van der Waals surface area contributed by atoms with Gasteiger partial charge in [0.05, 0.1) is 26.5 Å². The maximum atomic E-state index is 13.8. The van der Waals surface area contributed by atoms with Crippen LogP contribution in [0.4, 0.5) is 32.2 Å². The molecule has 1 fully saturated rings. The zero-order valence-corrected chi connectivity index (χ0v) is 25.0. The number of aromatic nitrogens is 2. The van der Waals surface area contributed by atoms with E-state index in [1.54, 1.807) is 0 Å². The predicted octanol–water partition coefficient (Wildman–Crippen LogP) is 8.42. The molecule has 1 aliphatic rings. The molecule has 0 bridgehead atoms. The van der Waals surface area contributed by atoms with Crippen molar-refractivity contribution in [2.45, 2.75) is 36.7 Å². The fourth-order valence-corrected chi connectivity index (χ4v) is 5.16. The summed E-state index contributed by atoms with van der Waals surface area (Å²) < 4.78 is 81.4. The van der Waals surface area contributed by atoms with Gasteiger partial charge >= 0.3 is 12.4 Å². The standard InChI is InChI=1S/C26H18BrCl3F6N4O2/c1-40-20(11-19(39-40)26(34,35)36)37-23(42)24(6-7-24)38-22(41)14-4-2-12(8-16(14)27)3-5-15(25(31,32)33)13-9-17(28)21(30)18(29)10-13/h2-5,8-11,15H,6-7H2,1H3,(H,37,42)(H,38,41). The fourth-order valence-electron chi connectivity index (χ4n) is 3.97. The van der Waals surface area contributed by atoms with Crippen LogP contribution in [0.15, 0.2) is 46.9 Å². The van der Waals surface area contributed by atoms with Crippen LogP contribution in [-0.2, 0) is 18.0 Å². The predicted molar refractivity (Wildman–Crippen MR) is 150 cm³/mol. The molecule has 0 saturated heterocycles. The summed E-state index contributed by atoms with van der Waals surface area (Å²) in [5.74, 6) is -3.66. The Morgan fingerprint density at radius 3 is 2.17 bits per heavy atom. The molecule has 0 aliphatic heterocycles. The van der Waals surface area contributed by atoms with Crippen molar-refractivity contribution in [1.82, 2.24) is 15.1 Å². The fraction of sp³-hybridized carbons (Fsp3) is 0.269. The van der Waals surface area contributed by atoms with Gasteiger partial charge < -0.3 is 10.6 Å². The molecule has 1 saturated carbocycles. The lowest BCUT2D eigenvalue weighted by Gasteiger charge is -2.19. The molecule has 16 heteroatoms. The highest BCUT2D eigenvalue weighted by molar-refractivity contribution is 9.10. The van der Waals surface area contributed by atoms with E-state index in [1.807, 2.05) is 0 Å². The average Bonchev–Trinajstić information content (AvgIpc) is 3.55. The lowest BCUT2D eigenvalue weighted by atomic mass is 9.97. The van der Waals surface area contributed by atoms with Crippen molar-refractivity contribution in [3.05, 3.63) is 84.4 Å². The second kappa shape index (κ2) is 11.7. The van der Waals surface area contributed by atoms with Gasteiger partial charge in [-0.1, -0.05) is 53.0 Å². The quantitative estimate of drug-likeness (QED) is 0.190. The minimum absolute atomic E-state index is 0.0668. The molecule has 6 nitrogen and oxygen atoms in total. The zero-order valence-electron chi connectivity index (χ0n) is 21.1. The van der Waals surface area contributed by atoms with Gasteiger partial charge in [0, 0.05) is 17.6 Å². The maximum absolute atomic E-state index is 13.8. The zero-order chi connectivity index (χ0) is 31.2. The van der Waals surface area contributed by atoms with Crippen molar-refractivity contribution in [3.8, 4) is 0 Å². The van der Waals surface area contributed by atoms with Crippen LogP contribution in [0, 0.1) is 0 Å². The number of benzene rings is 2. The van der Waals surface area contributed by atoms with Crippen molar-refractivity contribution in [2.75, 3.05) is 5.32 Å². The van der Waals surface area contributed by atoms with E-state index in [9.17, 15) is 35.9 Å². The van der Waals surface area contributed by atoms with Gasteiger partial charge in [0.15, 0.2) is 5.69 Å². The monoisotopic (exact) mass is 716 g/mol.